The number of amides is 1. The smallest absolute Gasteiger partial charge is 0.257 e. The molecule has 0 unspecified atom stereocenters. The van der Waals surface area contributed by atoms with E-state index in [4.69, 9.17) is 23.2 Å². The number of nitrogens with zero attached hydrogens (tertiary/aromatic N) is 2. The summed E-state index contributed by atoms with van der Waals surface area (Å²) in [5.74, 6) is 1.40. The summed E-state index contributed by atoms with van der Waals surface area (Å²) in [7, 11) is 0. The SMILES string of the molecule is CC1CCN(c2ccc(C(=O)Nc3c(Cl)cccc3Cl)cn2)CC1. The molecule has 1 aliphatic heterocycles. The number of piperidine rings is 1. The normalized spacial score (nSPS) is 15.4. The molecule has 3 rings (SSSR count). The van der Waals surface area contributed by atoms with Crippen molar-refractivity contribution in [1.82, 2.24) is 4.98 Å². The number of carbonyl (C=O) groups excluding carboxylic acids is 1. The number of benzene rings is 1. The molecule has 1 saturated heterocycles. The molecule has 2 aromatic rings. The van der Waals surface area contributed by atoms with Crippen molar-refractivity contribution in [2.45, 2.75) is 19.8 Å². The van der Waals surface area contributed by atoms with Crippen LogP contribution in [0.4, 0.5) is 11.5 Å². The van der Waals surface area contributed by atoms with Crippen molar-refractivity contribution in [1.29, 1.82) is 0 Å². The minimum Gasteiger partial charge on any atom is -0.357 e. The summed E-state index contributed by atoms with van der Waals surface area (Å²) in [5.41, 5.74) is 0.889. The van der Waals surface area contributed by atoms with Crippen molar-refractivity contribution in [3.63, 3.8) is 0 Å². The molecule has 1 fully saturated rings. The number of aromatic nitrogens is 1. The predicted molar refractivity (Wildman–Crippen MR) is 99.3 cm³/mol. The van der Waals surface area contributed by atoms with E-state index < -0.39 is 0 Å². The van der Waals surface area contributed by atoms with E-state index in [1.165, 1.54) is 12.8 Å². The maximum atomic E-state index is 12.4. The fourth-order valence-electron chi connectivity index (χ4n) is 2.75. The van der Waals surface area contributed by atoms with E-state index in [2.05, 4.69) is 22.1 Å². The summed E-state index contributed by atoms with van der Waals surface area (Å²) in [4.78, 5) is 19.1. The summed E-state index contributed by atoms with van der Waals surface area (Å²) in [6, 6.07) is 8.76. The van der Waals surface area contributed by atoms with Crippen LogP contribution in [0.15, 0.2) is 36.5 Å². The van der Waals surface area contributed by atoms with Crippen LogP contribution in [0.5, 0.6) is 0 Å². The predicted octanol–water partition coefficient (Wildman–Crippen LogP) is 4.88. The van der Waals surface area contributed by atoms with Gasteiger partial charge in [-0.3, -0.25) is 4.79 Å². The Bertz CT molecular complexity index is 705. The Kier molecular flexibility index (Phi) is 5.27. The van der Waals surface area contributed by atoms with Crippen LogP contribution >= 0.6 is 23.2 Å². The number of para-hydroxylation sites is 1. The molecule has 0 bridgehead atoms. The lowest BCUT2D eigenvalue weighted by atomic mass is 9.99. The lowest BCUT2D eigenvalue weighted by molar-refractivity contribution is 0.102. The summed E-state index contributed by atoms with van der Waals surface area (Å²) >= 11 is 12.2. The number of rotatable bonds is 3. The van der Waals surface area contributed by atoms with Crippen LogP contribution < -0.4 is 10.2 Å². The third kappa shape index (κ3) is 3.82. The third-order valence-electron chi connectivity index (χ3n) is 4.32. The highest BCUT2D eigenvalue weighted by atomic mass is 35.5. The molecule has 2 heterocycles. The van der Waals surface area contributed by atoms with E-state index in [0.717, 1.165) is 24.8 Å². The summed E-state index contributed by atoms with van der Waals surface area (Å²) in [6.45, 7) is 4.29. The van der Waals surface area contributed by atoms with Crippen LogP contribution in [-0.2, 0) is 0 Å². The molecule has 0 spiro atoms. The molecular formula is C18H19Cl2N3O. The summed E-state index contributed by atoms with van der Waals surface area (Å²) < 4.78 is 0. The van der Waals surface area contributed by atoms with Crippen molar-refractivity contribution in [2.75, 3.05) is 23.3 Å². The average Bonchev–Trinajstić information content (AvgIpc) is 2.59. The Morgan fingerprint density at radius 2 is 1.83 bits per heavy atom. The molecule has 0 aliphatic carbocycles. The molecule has 1 aromatic heterocycles. The first-order chi connectivity index (χ1) is 11.5. The van der Waals surface area contributed by atoms with Gasteiger partial charge in [0.1, 0.15) is 5.82 Å². The second kappa shape index (κ2) is 7.41. The van der Waals surface area contributed by atoms with Crippen molar-refractivity contribution < 1.29 is 4.79 Å². The van der Waals surface area contributed by atoms with Crippen molar-refractivity contribution in [3.8, 4) is 0 Å². The van der Waals surface area contributed by atoms with Crippen molar-refractivity contribution in [3.05, 3.63) is 52.1 Å². The van der Waals surface area contributed by atoms with Gasteiger partial charge in [0.05, 0.1) is 21.3 Å². The molecule has 0 atom stereocenters. The van der Waals surface area contributed by atoms with Gasteiger partial charge in [0.2, 0.25) is 0 Å². The number of halogens is 2. The van der Waals surface area contributed by atoms with Crippen LogP contribution in [-0.4, -0.2) is 24.0 Å². The summed E-state index contributed by atoms with van der Waals surface area (Å²) in [6.07, 6.45) is 3.94. The van der Waals surface area contributed by atoms with E-state index in [9.17, 15) is 4.79 Å². The molecular weight excluding hydrogens is 345 g/mol. The molecule has 1 amide bonds. The second-order valence-corrected chi connectivity index (χ2v) is 6.94. The first-order valence-electron chi connectivity index (χ1n) is 8.01. The molecule has 24 heavy (non-hydrogen) atoms. The van der Waals surface area contributed by atoms with Crippen LogP contribution in [0.1, 0.15) is 30.1 Å². The van der Waals surface area contributed by atoms with Crippen LogP contribution in [0.25, 0.3) is 0 Å². The van der Waals surface area contributed by atoms with Gasteiger partial charge in [0.15, 0.2) is 0 Å². The van der Waals surface area contributed by atoms with E-state index in [1.807, 2.05) is 6.07 Å². The van der Waals surface area contributed by atoms with Gasteiger partial charge >= 0.3 is 0 Å². The Morgan fingerprint density at radius 3 is 2.42 bits per heavy atom. The van der Waals surface area contributed by atoms with Gasteiger partial charge in [-0.1, -0.05) is 36.2 Å². The van der Waals surface area contributed by atoms with E-state index in [-0.39, 0.29) is 5.91 Å². The molecule has 6 heteroatoms. The number of pyridine rings is 1. The monoisotopic (exact) mass is 363 g/mol. The highest BCUT2D eigenvalue weighted by molar-refractivity contribution is 6.40. The fraction of sp³-hybridized carbons (Fsp3) is 0.333. The molecule has 1 N–H and O–H groups in total. The van der Waals surface area contributed by atoms with Crippen molar-refractivity contribution >= 4 is 40.6 Å². The maximum Gasteiger partial charge on any atom is 0.257 e. The zero-order valence-corrected chi connectivity index (χ0v) is 14.9. The Morgan fingerprint density at radius 1 is 1.17 bits per heavy atom. The number of carbonyl (C=O) groups is 1. The maximum absolute atomic E-state index is 12.4. The van der Waals surface area contributed by atoms with Gasteiger partial charge < -0.3 is 10.2 Å². The minimum absolute atomic E-state index is 0.281. The lowest BCUT2D eigenvalue weighted by Crippen LogP contribution is -2.33. The summed E-state index contributed by atoms with van der Waals surface area (Å²) in [5, 5.41) is 3.55. The largest absolute Gasteiger partial charge is 0.357 e. The number of anilines is 2. The van der Waals surface area contributed by atoms with Gasteiger partial charge in [-0.05, 0) is 43.0 Å². The van der Waals surface area contributed by atoms with Gasteiger partial charge in [-0.2, -0.15) is 0 Å². The third-order valence-corrected chi connectivity index (χ3v) is 4.95. The first kappa shape index (κ1) is 17.1. The number of hydrogen-bond acceptors (Lipinski definition) is 3. The Labute approximate surface area is 151 Å². The molecule has 126 valence electrons. The fourth-order valence-corrected chi connectivity index (χ4v) is 3.24. The average molecular weight is 364 g/mol. The Balaban J connectivity index is 1.70. The van der Waals surface area contributed by atoms with Crippen LogP contribution in [0.2, 0.25) is 10.0 Å². The van der Waals surface area contributed by atoms with E-state index >= 15 is 0 Å². The first-order valence-corrected chi connectivity index (χ1v) is 8.76. The molecule has 0 saturated carbocycles. The van der Waals surface area contributed by atoms with E-state index in [0.29, 0.717) is 21.3 Å². The molecule has 1 aromatic carbocycles. The molecule has 1 aliphatic rings. The van der Waals surface area contributed by atoms with Gasteiger partial charge in [0.25, 0.3) is 5.91 Å². The number of nitrogens with one attached hydrogen (secondary N) is 1. The highest BCUT2D eigenvalue weighted by Gasteiger charge is 2.17. The lowest BCUT2D eigenvalue weighted by Gasteiger charge is -2.31. The van der Waals surface area contributed by atoms with E-state index in [1.54, 1.807) is 30.5 Å². The van der Waals surface area contributed by atoms with Crippen LogP contribution in [0, 0.1) is 5.92 Å². The van der Waals surface area contributed by atoms with Gasteiger partial charge in [0, 0.05) is 19.3 Å². The standard InChI is InChI=1S/C18H19Cl2N3O/c1-12-7-9-23(10-8-12)16-6-5-13(11-21-16)18(24)22-17-14(19)3-2-4-15(17)20/h2-6,11-12H,7-10H2,1H3,(H,22,24). The molecule has 4 nitrogen and oxygen atoms in total. The highest BCUT2D eigenvalue weighted by Crippen LogP contribution is 2.30. The van der Waals surface area contributed by atoms with Gasteiger partial charge in [-0.15, -0.1) is 0 Å². The van der Waals surface area contributed by atoms with Crippen LogP contribution in [0.3, 0.4) is 0 Å². The molecule has 0 radical (unpaired) electrons. The topological polar surface area (TPSA) is 45.2 Å². The second-order valence-electron chi connectivity index (χ2n) is 6.13. The quantitative estimate of drug-likeness (QED) is 0.845. The van der Waals surface area contributed by atoms with Crippen molar-refractivity contribution in [2.24, 2.45) is 5.92 Å². The minimum atomic E-state index is -0.281. The number of hydrogen-bond donors (Lipinski definition) is 1. The zero-order valence-electron chi connectivity index (χ0n) is 13.4. The van der Waals surface area contributed by atoms with Gasteiger partial charge in [-0.25, -0.2) is 4.98 Å². The Hall–Kier alpha value is -1.78. The zero-order chi connectivity index (χ0) is 17.1.